The Bertz CT molecular complexity index is 612. The molecule has 110 valence electrons. The van der Waals surface area contributed by atoms with E-state index in [-0.39, 0.29) is 5.91 Å². The molecule has 2 aromatic rings. The largest absolute Gasteiger partial charge is 0.372 e. The van der Waals surface area contributed by atoms with Gasteiger partial charge in [0, 0.05) is 19.3 Å². The fourth-order valence-electron chi connectivity index (χ4n) is 1.94. The Morgan fingerprint density at radius 2 is 2.10 bits per heavy atom. The molecule has 0 radical (unpaired) electrons. The van der Waals surface area contributed by atoms with Crippen molar-refractivity contribution in [1.82, 2.24) is 19.9 Å². The van der Waals surface area contributed by atoms with E-state index in [0.717, 1.165) is 11.4 Å². The Morgan fingerprint density at radius 1 is 1.29 bits per heavy atom. The van der Waals surface area contributed by atoms with Gasteiger partial charge >= 0.3 is 0 Å². The summed E-state index contributed by atoms with van der Waals surface area (Å²) in [5, 5.41) is 2.87. The average Bonchev–Trinajstić information content (AvgIpc) is 2.52. The minimum absolute atomic E-state index is 0.143. The summed E-state index contributed by atoms with van der Waals surface area (Å²) in [7, 11) is 1.76. The molecule has 6 heteroatoms. The van der Waals surface area contributed by atoms with Gasteiger partial charge in [-0.15, -0.1) is 0 Å². The highest BCUT2D eigenvalue weighted by Crippen LogP contribution is 2.08. The van der Waals surface area contributed by atoms with Gasteiger partial charge < -0.3 is 10.2 Å². The van der Waals surface area contributed by atoms with Gasteiger partial charge in [-0.05, 0) is 26.0 Å². The number of hydrogen-bond acceptors (Lipinski definition) is 5. The summed E-state index contributed by atoms with van der Waals surface area (Å²) in [5.74, 6) is 0.492. The van der Waals surface area contributed by atoms with Gasteiger partial charge in [-0.3, -0.25) is 9.78 Å². The van der Waals surface area contributed by atoms with Crippen molar-refractivity contribution in [3.63, 3.8) is 0 Å². The van der Waals surface area contributed by atoms with Crippen LogP contribution in [0.15, 0.2) is 30.6 Å². The molecule has 1 N–H and O–H groups in total. The first kappa shape index (κ1) is 14.9. The fraction of sp³-hybridized carbons (Fsp3) is 0.333. The molecule has 2 aromatic heterocycles. The highest BCUT2D eigenvalue weighted by molar-refractivity contribution is 5.92. The van der Waals surface area contributed by atoms with Crippen LogP contribution in [-0.4, -0.2) is 39.4 Å². The van der Waals surface area contributed by atoms with E-state index in [9.17, 15) is 4.79 Å². The molecule has 0 unspecified atom stereocenters. The smallest absolute Gasteiger partial charge is 0.274 e. The van der Waals surface area contributed by atoms with Crippen LogP contribution in [0.1, 0.15) is 28.8 Å². The van der Waals surface area contributed by atoms with E-state index in [1.54, 1.807) is 18.1 Å². The van der Waals surface area contributed by atoms with Crippen molar-refractivity contribution in [3.05, 3.63) is 47.7 Å². The maximum atomic E-state index is 12.4. The molecule has 1 amide bonds. The number of anilines is 1. The number of hydrogen-bond donors (Lipinski definition) is 1. The normalized spacial score (nSPS) is 10.2. The topological polar surface area (TPSA) is 71.0 Å². The van der Waals surface area contributed by atoms with E-state index in [2.05, 4.69) is 20.3 Å². The molecular weight excluding hydrogens is 266 g/mol. The molecule has 6 nitrogen and oxygen atoms in total. The van der Waals surface area contributed by atoms with Crippen LogP contribution in [0.25, 0.3) is 0 Å². The molecule has 21 heavy (non-hydrogen) atoms. The number of rotatable bonds is 5. The first-order valence-electron chi connectivity index (χ1n) is 6.85. The molecule has 0 aliphatic carbocycles. The summed E-state index contributed by atoms with van der Waals surface area (Å²) < 4.78 is 0. The highest BCUT2D eigenvalue weighted by Gasteiger charge is 2.16. The number of nitrogens with zero attached hydrogens (tertiary/aromatic N) is 4. The summed E-state index contributed by atoms with van der Waals surface area (Å²) in [6, 6.07) is 5.79. The minimum Gasteiger partial charge on any atom is -0.372 e. The lowest BCUT2D eigenvalue weighted by atomic mass is 10.2. The highest BCUT2D eigenvalue weighted by atomic mass is 16.2. The molecule has 2 heterocycles. The standard InChI is InChI=1S/C15H19N5O/c1-4-20(10-12-7-5-6-11(2)19-12)15(21)13-8-18-14(16-3)9-17-13/h5-9H,4,10H2,1-3H3,(H,16,18). The number of carbonyl (C=O) groups is 1. The lowest BCUT2D eigenvalue weighted by Crippen LogP contribution is -2.31. The second kappa shape index (κ2) is 6.78. The average molecular weight is 285 g/mol. The fourth-order valence-corrected chi connectivity index (χ4v) is 1.94. The molecule has 0 aromatic carbocycles. The molecule has 0 bridgehead atoms. The number of aromatic nitrogens is 3. The number of nitrogens with one attached hydrogen (secondary N) is 1. The van der Waals surface area contributed by atoms with Crippen LogP contribution in [0.3, 0.4) is 0 Å². The summed E-state index contributed by atoms with van der Waals surface area (Å²) >= 11 is 0. The molecule has 0 spiro atoms. The van der Waals surface area contributed by atoms with Gasteiger partial charge in [0.1, 0.15) is 11.5 Å². The predicted octanol–water partition coefficient (Wildman–Crippen LogP) is 1.88. The Kier molecular flexibility index (Phi) is 4.81. The third kappa shape index (κ3) is 3.75. The number of amides is 1. The zero-order valence-electron chi connectivity index (χ0n) is 12.5. The van der Waals surface area contributed by atoms with Crippen molar-refractivity contribution >= 4 is 11.7 Å². The van der Waals surface area contributed by atoms with Crippen LogP contribution in [0, 0.1) is 6.92 Å². The molecule has 0 fully saturated rings. The lowest BCUT2D eigenvalue weighted by Gasteiger charge is -2.20. The van der Waals surface area contributed by atoms with Crippen LogP contribution in [0.4, 0.5) is 5.82 Å². The number of pyridine rings is 1. The lowest BCUT2D eigenvalue weighted by molar-refractivity contribution is 0.0744. The third-order valence-electron chi connectivity index (χ3n) is 3.09. The predicted molar refractivity (Wildman–Crippen MR) is 81.0 cm³/mol. The zero-order valence-corrected chi connectivity index (χ0v) is 12.5. The Labute approximate surface area is 124 Å². The van der Waals surface area contributed by atoms with Gasteiger partial charge in [-0.2, -0.15) is 0 Å². The maximum Gasteiger partial charge on any atom is 0.274 e. The number of carbonyl (C=O) groups excluding carboxylic acids is 1. The van der Waals surface area contributed by atoms with Crippen LogP contribution < -0.4 is 5.32 Å². The quantitative estimate of drug-likeness (QED) is 0.908. The second-order valence-electron chi connectivity index (χ2n) is 4.63. The van der Waals surface area contributed by atoms with Crippen LogP contribution in [0.2, 0.25) is 0 Å². The summed E-state index contributed by atoms with van der Waals surface area (Å²) in [4.78, 5) is 26.8. The summed E-state index contributed by atoms with van der Waals surface area (Å²) in [5.41, 5.74) is 2.14. The number of aryl methyl sites for hydroxylation is 1. The van der Waals surface area contributed by atoms with Crippen molar-refractivity contribution in [2.24, 2.45) is 0 Å². The van der Waals surface area contributed by atoms with Crippen molar-refractivity contribution < 1.29 is 4.79 Å². The minimum atomic E-state index is -0.143. The van der Waals surface area contributed by atoms with Gasteiger partial charge in [0.15, 0.2) is 0 Å². The van der Waals surface area contributed by atoms with Gasteiger partial charge in [0.2, 0.25) is 0 Å². The van der Waals surface area contributed by atoms with E-state index in [4.69, 9.17) is 0 Å². The second-order valence-corrected chi connectivity index (χ2v) is 4.63. The Hall–Kier alpha value is -2.50. The molecular formula is C15H19N5O. The monoisotopic (exact) mass is 285 g/mol. The van der Waals surface area contributed by atoms with Crippen LogP contribution in [-0.2, 0) is 6.54 Å². The first-order chi connectivity index (χ1) is 10.1. The van der Waals surface area contributed by atoms with Crippen LogP contribution in [0.5, 0.6) is 0 Å². The Morgan fingerprint density at radius 3 is 2.67 bits per heavy atom. The van der Waals surface area contributed by atoms with Crippen molar-refractivity contribution in [1.29, 1.82) is 0 Å². The van der Waals surface area contributed by atoms with Gasteiger partial charge in [-0.1, -0.05) is 6.07 Å². The van der Waals surface area contributed by atoms with Gasteiger partial charge in [-0.25, -0.2) is 9.97 Å². The van der Waals surface area contributed by atoms with Crippen LogP contribution >= 0.6 is 0 Å². The molecule has 0 aliphatic rings. The van der Waals surface area contributed by atoms with Gasteiger partial charge in [0.05, 0.1) is 24.6 Å². The van der Waals surface area contributed by atoms with E-state index in [1.807, 2.05) is 32.0 Å². The summed E-state index contributed by atoms with van der Waals surface area (Å²) in [6.45, 7) is 4.92. The zero-order chi connectivity index (χ0) is 15.2. The van der Waals surface area contributed by atoms with Crippen molar-refractivity contribution in [3.8, 4) is 0 Å². The van der Waals surface area contributed by atoms with E-state index in [0.29, 0.717) is 24.6 Å². The van der Waals surface area contributed by atoms with Crippen molar-refractivity contribution in [2.45, 2.75) is 20.4 Å². The van der Waals surface area contributed by atoms with Crippen molar-refractivity contribution in [2.75, 3.05) is 18.9 Å². The van der Waals surface area contributed by atoms with E-state index < -0.39 is 0 Å². The third-order valence-corrected chi connectivity index (χ3v) is 3.09. The molecule has 0 saturated heterocycles. The summed E-state index contributed by atoms with van der Waals surface area (Å²) in [6.07, 6.45) is 3.03. The van der Waals surface area contributed by atoms with E-state index >= 15 is 0 Å². The molecule has 2 rings (SSSR count). The first-order valence-corrected chi connectivity index (χ1v) is 6.85. The SMILES string of the molecule is CCN(Cc1cccc(C)n1)C(=O)c1cnc(NC)cn1. The molecule has 0 atom stereocenters. The Balaban J connectivity index is 2.14. The molecule has 0 aliphatic heterocycles. The maximum absolute atomic E-state index is 12.4. The van der Waals surface area contributed by atoms with E-state index in [1.165, 1.54) is 6.20 Å². The molecule has 0 saturated carbocycles. The van der Waals surface area contributed by atoms with Gasteiger partial charge in [0.25, 0.3) is 5.91 Å².